The zero-order valence-corrected chi connectivity index (χ0v) is 18.4. The summed E-state index contributed by atoms with van der Waals surface area (Å²) in [6, 6.07) is 13.3. The number of piperidine rings is 1. The minimum atomic E-state index is -0.432. The summed E-state index contributed by atoms with van der Waals surface area (Å²) < 4.78 is 5.77. The Morgan fingerprint density at radius 1 is 1.16 bits per heavy atom. The molecule has 1 fully saturated rings. The Morgan fingerprint density at radius 3 is 2.62 bits per heavy atom. The lowest BCUT2D eigenvalue weighted by atomic mass is 10.1. The van der Waals surface area contributed by atoms with Crippen molar-refractivity contribution in [2.45, 2.75) is 32.8 Å². The van der Waals surface area contributed by atoms with E-state index in [1.165, 1.54) is 0 Å². The minimum absolute atomic E-state index is 0.0889. The average Bonchev–Trinajstić information content (AvgIpc) is 3.23. The van der Waals surface area contributed by atoms with Crippen molar-refractivity contribution in [1.82, 2.24) is 25.1 Å². The normalized spacial score (nSPS) is 15.2. The number of hydrogen-bond donors (Lipinski definition) is 2. The number of nitrogens with one attached hydrogen (secondary N) is 2. The van der Waals surface area contributed by atoms with Crippen molar-refractivity contribution >= 4 is 29.8 Å². The van der Waals surface area contributed by atoms with Crippen LogP contribution >= 0.6 is 0 Å². The lowest BCUT2D eigenvalue weighted by Crippen LogP contribution is -2.37. The third kappa shape index (κ3) is 5.79. The number of rotatable bonds is 7. The summed E-state index contributed by atoms with van der Waals surface area (Å²) in [5, 5.41) is 10.2. The quantitative estimate of drug-likeness (QED) is 0.544. The first kappa shape index (κ1) is 21.7. The smallest absolute Gasteiger partial charge is 0.357 e. The van der Waals surface area contributed by atoms with Gasteiger partial charge in [-0.3, -0.25) is 5.10 Å². The van der Waals surface area contributed by atoms with E-state index in [4.69, 9.17) is 4.74 Å². The number of carbonyl (C=O) groups is 1. The summed E-state index contributed by atoms with van der Waals surface area (Å²) in [7, 11) is 0. The highest BCUT2D eigenvalue weighted by molar-refractivity contribution is 5.88. The number of aryl methyl sites for hydroxylation is 1. The van der Waals surface area contributed by atoms with Crippen LogP contribution in [-0.2, 0) is 4.74 Å². The Hall–Kier alpha value is -3.52. The lowest BCUT2D eigenvalue weighted by Gasteiger charge is -2.30. The van der Waals surface area contributed by atoms with Gasteiger partial charge in [0, 0.05) is 30.9 Å². The predicted octanol–water partition coefficient (Wildman–Crippen LogP) is 4.06. The number of esters is 1. The van der Waals surface area contributed by atoms with E-state index in [9.17, 15) is 4.79 Å². The second-order valence-corrected chi connectivity index (χ2v) is 7.84. The van der Waals surface area contributed by atoms with Gasteiger partial charge in [0.1, 0.15) is 11.9 Å². The highest BCUT2D eigenvalue weighted by Crippen LogP contribution is 2.19. The molecule has 0 bridgehead atoms. The van der Waals surface area contributed by atoms with Crippen molar-refractivity contribution in [3.05, 3.63) is 65.2 Å². The molecule has 8 heteroatoms. The minimum Gasteiger partial charge on any atom is -0.458 e. The van der Waals surface area contributed by atoms with Gasteiger partial charge in [-0.05, 0) is 37.9 Å². The average molecular weight is 433 g/mol. The summed E-state index contributed by atoms with van der Waals surface area (Å²) in [5.41, 5.74) is 2.16. The summed E-state index contributed by atoms with van der Waals surface area (Å²) >= 11 is 0. The fourth-order valence-electron chi connectivity index (χ4n) is 3.61. The van der Waals surface area contributed by atoms with Crippen molar-refractivity contribution in [3.63, 3.8) is 0 Å². The van der Waals surface area contributed by atoms with Crippen LogP contribution in [0.2, 0.25) is 0 Å². The van der Waals surface area contributed by atoms with Crippen molar-refractivity contribution in [2.75, 3.05) is 25.0 Å². The summed E-state index contributed by atoms with van der Waals surface area (Å²) in [6.07, 6.45) is 5.28. The molecule has 0 saturated carbocycles. The molecule has 0 aliphatic carbocycles. The van der Waals surface area contributed by atoms with Gasteiger partial charge in [-0.1, -0.05) is 43.3 Å². The van der Waals surface area contributed by atoms with Gasteiger partial charge in [0.25, 0.3) is 0 Å². The van der Waals surface area contributed by atoms with Gasteiger partial charge in [-0.25, -0.2) is 14.8 Å². The van der Waals surface area contributed by atoms with Crippen LogP contribution in [0.5, 0.6) is 0 Å². The molecular weight excluding hydrogens is 404 g/mol. The maximum Gasteiger partial charge on any atom is 0.357 e. The van der Waals surface area contributed by atoms with Crippen LogP contribution in [-0.4, -0.2) is 56.8 Å². The Bertz CT molecular complexity index is 1070. The number of nitrogens with zero attached hydrogens (tertiary/aromatic N) is 4. The Balaban J connectivity index is 1.54. The number of benzene rings is 1. The van der Waals surface area contributed by atoms with E-state index in [0.29, 0.717) is 17.5 Å². The number of ether oxygens (including phenoxy) is 1. The molecule has 2 N–H and O–H groups in total. The Labute approximate surface area is 187 Å². The van der Waals surface area contributed by atoms with Crippen molar-refractivity contribution < 1.29 is 9.53 Å². The molecule has 3 heterocycles. The largest absolute Gasteiger partial charge is 0.458 e. The molecule has 0 radical (unpaired) electrons. The maximum absolute atomic E-state index is 12.9. The van der Waals surface area contributed by atoms with E-state index in [-0.39, 0.29) is 11.8 Å². The fourth-order valence-corrected chi connectivity index (χ4v) is 3.61. The van der Waals surface area contributed by atoms with E-state index in [0.717, 1.165) is 43.7 Å². The van der Waals surface area contributed by atoms with Gasteiger partial charge in [-0.2, -0.15) is 5.10 Å². The molecule has 1 aliphatic rings. The predicted molar refractivity (Wildman–Crippen MR) is 125 cm³/mol. The van der Waals surface area contributed by atoms with Crippen LogP contribution in [0.25, 0.3) is 12.2 Å². The molecule has 4 rings (SSSR count). The van der Waals surface area contributed by atoms with Crippen molar-refractivity contribution in [2.24, 2.45) is 0 Å². The SMILES string of the molecule is CCN1CCC(OC(=O)c2cc(Nc3cc(C)[nH]n3)nc(/C=C/c3ccccc3)n2)CC1. The van der Waals surface area contributed by atoms with Gasteiger partial charge in [0.15, 0.2) is 17.3 Å². The van der Waals surface area contributed by atoms with Crippen LogP contribution in [0.1, 0.15) is 47.3 Å². The van der Waals surface area contributed by atoms with Crippen LogP contribution in [0.4, 0.5) is 11.6 Å². The number of anilines is 2. The first-order valence-corrected chi connectivity index (χ1v) is 10.9. The highest BCUT2D eigenvalue weighted by Gasteiger charge is 2.23. The Kier molecular flexibility index (Phi) is 6.91. The van der Waals surface area contributed by atoms with Gasteiger partial charge in [-0.15, -0.1) is 0 Å². The number of likely N-dealkylation sites (tertiary alicyclic amines) is 1. The highest BCUT2D eigenvalue weighted by atomic mass is 16.5. The van der Waals surface area contributed by atoms with Crippen LogP contribution in [0.15, 0.2) is 42.5 Å². The zero-order chi connectivity index (χ0) is 22.3. The van der Waals surface area contributed by atoms with Gasteiger partial charge >= 0.3 is 5.97 Å². The van der Waals surface area contributed by atoms with E-state index in [1.807, 2.05) is 49.4 Å². The molecule has 8 nitrogen and oxygen atoms in total. The number of H-pyrrole nitrogens is 1. The molecule has 2 aromatic heterocycles. The van der Waals surface area contributed by atoms with Gasteiger partial charge < -0.3 is 15.0 Å². The van der Waals surface area contributed by atoms with Crippen molar-refractivity contribution in [3.8, 4) is 0 Å². The van der Waals surface area contributed by atoms with E-state index >= 15 is 0 Å². The van der Waals surface area contributed by atoms with Gasteiger partial charge in [0.05, 0.1) is 0 Å². The zero-order valence-electron chi connectivity index (χ0n) is 18.4. The third-order valence-electron chi connectivity index (χ3n) is 5.39. The molecule has 1 aromatic carbocycles. The molecule has 0 amide bonds. The van der Waals surface area contributed by atoms with Crippen LogP contribution in [0.3, 0.4) is 0 Å². The first-order chi connectivity index (χ1) is 15.6. The topological polar surface area (TPSA) is 96.0 Å². The van der Waals surface area contributed by atoms with E-state index in [2.05, 4.69) is 37.3 Å². The molecular formula is C24H28N6O2. The monoisotopic (exact) mass is 432 g/mol. The first-order valence-electron chi connectivity index (χ1n) is 10.9. The molecule has 1 aliphatic heterocycles. The molecule has 0 unspecified atom stereocenters. The molecule has 32 heavy (non-hydrogen) atoms. The molecule has 166 valence electrons. The lowest BCUT2D eigenvalue weighted by molar-refractivity contribution is 0.0113. The third-order valence-corrected chi connectivity index (χ3v) is 5.39. The maximum atomic E-state index is 12.9. The number of hydrogen-bond acceptors (Lipinski definition) is 7. The summed E-state index contributed by atoms with van der Waals surface area (Å²) in [5.74, 6) is 1.08. The van der Waals surface area contributed by atoms with Crippen LogP contribution < -0.4 is 5.32 Å². The standard InChI is InChI=1S/C24H28N6O2/c1-3-30-13-11-19(12-14-30)32-24(31)20-16-22(27-23-15-17(2)28-29-23)26-21(25-20)10-9-18-7-5-4-6-8-18/h4-10,15-16,19H,3,11-14H2,1-2H3,(H2,25,26,27,28,29)/b10-9+. The molecule has 0 spiro atoms. The fraction of sp³-hybridized carbons (Fsp3) is 0.333. The second-order valence-electron chi connectivity index (χ2n) is 7.84. The number of aromatic nitrogens is 4. The molecule has 0 atom stereocenters. The molecule has 1 saturated heterocycles. The molecule has 3 aromatic rings. The number of aromatic amines is 1. The summed E-state index contributed by atoms with van der Waals surface area (Å²) in [6.45, 7) is 6.96. The van der Waals surface area contributed by atoms with E-state index in [1.54, 1.807) is 12.1 Å². The summed E-state index contributed by atoms with van der Waals surface area (Å²) in [4.78, 5) is 24.2. The number of carbonyl (C=O) groups excluding carboxylic acids is 1. The van der Waals surface area contributed by atoms with Crippen molar-refractivity contribution in [1.29, 1.82) is 0 Å². The van der Waals surface area contributed by atoms with E-state index < -0.39 is 5.97 Å². The second kappa shape index (κ2) is 10.2. The van der Waals surface area contributed by atoms with Gasteiger partial charge in [0.2, 0.25) is 0 Å². The van der Waals surface area contributed by atoms with Crippen LogP contribution in [0, 0.1) is 6.92 Å². The Morgan fingerprint density at radius 2 is 1.94 bits per heavy atom.